The molecule has 0 aliphatic rings. The van der Waals surface area contributed by atoms with Crippen LogP contribution in [0.5, 0.6) is 0 Å². The van der Waals surface area contributed by atoms with Crippen LogP contribution in [0.25, 0.3) is 0 Å². The van der Waals surface area contributed by atoms with Crippen LogP contribution in [0.4, 0.5) is 24.8 Å². The molecule has 1 heterocycles. The number of nitrogens with zero attached hydrogens (tertiary/aromatic N) is 3. The predicted octanol–water partition coefficient (Wildman–Crippen LogP) is 3.80. The normalized spacial score (nSPS) is 12.4. The van der Waals surface area contributed by atoms with Crippen molar-refractivity contribution in [2.75, 3.05) is 30.4 Å². The van der Waals surface area contributed by atoms with Crippen LogP contribution in [0.2, 0.25) is 0 Å². The fraction of sp³-hybridized carbons (Fsp3) is 0.714. The van der Waals surface area contributed by atoms with E-state index in [1.54, 1.807) is 18.0 Å². The lowest BCUT2D eigenvalue weighted by Crippen LogP contribution is -2.30. The molecule has 0 bridgehead atoms. The highest BCUT2D eigenvalue weighted by atomic mass is 19.4. The molecule has 7 heteroatoms. The molecule has 0 saturated carbocycles. The van der Waals surface area contributed by atoms with Crippen LogP contribution >= 0.6 is 0 Å². The summed E-state index contributed by atoms with van der Waals surface area (Å²) in [5.41, 5.74) is -0.0465. The van der Waals surface area contributed by atoms with E-state index in [4.69, 9.17) is 0 Å². The molecule has 0 aliphatic carbocycles. The second kappa shape index (κ2) is 6.49. The second-order valence-electron chi connectivity index (χ2n) is 6.28. The topological polar surface area (TPSA) is 41.0 Å². The highest BCUT2D eigenvalue weighted by Crippen LogP contribution is 2.29. The van der Waals surface area contributed by atoms with Crippen LogP contribution in [0.3, 0.4) is 0 Å². The van der Waals surface area contributed by atoms with Gasteiger partial charge >= 0.3 is 6.18 Å². The van der Waals surface area contributed by atoms with Crippen molar-refractivity contribution in [3.8, 4) is 0 Å². The molecule has 0 saturated heterocycles. The number of hydrogen-bond donors (Lipinski definition) is 1. The summed E-state index contributed by atoms with van der Waals surface area (Å²) in [6, 6.07) is 1.55. The SMILES string of the molecule is CCCNc1cc(N(C)CC(C)(C)C)nc(C(F)(F)F)n1. The maximum atomic E-state index is 12.9. The lowest BCUT2D eigenvalue weighted by atomic mass is 9.96. The molecule has 120 valence electrons. The number of rotatable bonds is 5. The average Bonchev–Trinajstić information content (AvgIpc) is 2.33. The summed E-state index contributed by atoms with van der Waals surface area (Å²) in [7, 11) is 1.73. The van der Waals surface area contributed by atoms with Gasteiger partial charge in [-0.2, -0.15) is 13.2 Å². The van der Waals surface area contributed by atoms with Crippen molar-refractivity contribution in [3.63, 3.8) is 0 Å². The van der Waals surface area contributed by atoms with Crippen LogP contribution < -0.4 is 10.2 Å². The van der Waals surface area contributed by atoms with Gasteiger partial charge in [-0.3, -0.25) is 0 Å². The molecule has 21 heavy (non-hydrogen) atoms. The van der Waals surface area contributed by atoms with Crippen molar-refractivity contribution < 1.29 is 13.2 Å². The third-order valence-electron chi connectivity index (χ3n) is 2.62. The van der Waals surface area contributed by atoms with Gasteiger partial charge in [-0.25, -0.2) is 9.97 Å². The van der Waals surface area contributed by atoms with E-state index in [0.717, 1.165) is 6.42 Å². The molecular weight excluding hydrogens is 281 g/mol. The quantitative estimate of drug-likeness (QED) is 0.898. The van der Waals surface area contributed by atoms with Crippen molar-refractivity contribution in [1.82, 2.24) is 9.97 Å². The summed E-state index contributed by atoms with van der Waals surface area (Å²) < 4.78 is 38.7. The maximum absolute atomic E-state index is 12.9. The number of alkyl halides is 3. The molecule has 0 aromatic carbocycles. The van der Waals surface area contributed by atoms with Gasteiger partial charge in [0.2, 0.25) is 5.82 Å². The van der Waals surface area contributed by atoms with Crippen molar-refractivity contribution in [2.24, 2.45) is 5.41 Å². The maximum Gasteiger partial charge on any atom is 0.451 e. The van der Waals surface area contributed by atoms with Gasteiger partial charge in [0.1, 0.15) is 11.6 Å². The van der Waals surface area contributed by atoms with Crippen LogP contribution in [-0.4, -0.2) is 30.1 Å². The third-order valence-corrected chi connectivity index (χ3v) is 2.62. The Balaban J connectivity index is 3.12. The molecule has 0 atom stereocenters. The lowest BCUT2D eigenvalue weighted by molar-refractivity contribution is -0.144. The first kappa shape index (κ1) is 17.5. The Morgan fingerprint density at radius 2 is 1.81 bits per heavy atom. The van der Waals surface area contributed by atoms with Gasteiger partial charge in [-0.1, -0.05) is 27.7 Å². The number of anilines is 2. The van der Waals surface area contributed by atoms with E-state index < -0.39 is 12.0 Å². The first-order valence-corrected chi connectivity index (χ1v) is 6.94. The molecule has 0 radical (unpaired) electrons. The Labute approximate surface area is 123 Å². The second-order valence-corrected chi connectivity index (χ2v) is 6.28. The number of aromatic nitrogens is 2. The standard InChI is InChI=1S/C14H23F3N4/c1-6-7-18-10-8-11(21(5)9-13(2,3)4)20-12(19-10)14(15,16)17/h8H,6-7,9H2,1-5H3,(H,18,19,20). The Bertz CT molecular complexity index is 466. The molecule has 0 spiro atoms. The molecular formula is C14H23F3N4. The first-order valence-electron chi connectivity index (χ1n) is 6.94. The van der Waals surface area contributed by atoms with Crippen LogP contribution in [-0.2, 0) is 6.18 Å². The fourth-order valence-corrected chi connectivity index (χ4v) is 1.89. The van der Waals surface area contributed by atoms with Gasteiger partial charge in [0.15, 0.2) is 0 Å². The van der Waals surface area contributed by atoms with E-state index in [1.165, 1.54) is 0 Å². The smallest absolute Gasteiger partial charge is 0.370 e. The van der Waals surface area contributed by atoms with E-state index in [1.807, 2.05) is 27.7 Å². The lowest BCUT2D eigenvalue weighted by Gasteiger charge is -2.28. The van der Waals surface area contributed by atoms with E-state index in [-0.39, 0.29) is 17.1 Å². The van der Waals surface area contributed by atoms with Crippen LogP contribution in [0, 0.1) is 5.41 Å². The van der Waals surface area contributed by atoms with Gasteiger partial charge in [0, 0.05) is 26.2 Å². The minimum atomic E-state index is -4.55. The fourth-order valence-electron chi connectivity index (χ4n) is 1.89. The predicted molar refractivity (Wildman–Crippen MR) is 78.5 cm³/mol. The summed E-state index contributed by atoms with van der Waals surface area (Å²) in [6.07, 6.45) is -3.75. The van der Waals surface area contributed by atoms with E-state index >= 15 is 0 Å². The summed E-state index contributed by atoms with van der Waals surface area (Å²) in [6.45, 7) is 9.15. The summed E-state index contributed by atoms with van der Waals surface area (Å²) in [5, 5.41) is 2.89. The van der Waals surface area contributed by atoms with E-state index in [0.29, 0.717) is 13.1 Å². The Kier molecular flexibility index (Phi) is 5.42. The minimum Gasteiger partial charge on any atom is -0.370 e. The number of hydrogen-bond acceptors (Lipinski definition) is 4. The van der Waals surface area contributed by atoms with Gasteiger partial charge in [-0.15, -0.1) is 0 Å². The van der Waals surface area contributed by atoms with Crippen molar-refractivity contribution in [2.45, 2.75) is 40.3 Å². The molecule has 0 aliphatic heterocycles. The Hall–Kier alpha value is -1.53. The molecule has 4 nitrogen and oxygen atoms in total. The van der Waals surface area contributed by atoms with Gasteiger partial charge < -0.3 is 10.2 Å². The zero-order chi connectivity index (χ0) is 16.3. The molecule has 0 unspecified atom stereocenters. The van der Waals surface area contributed by atoms with Crippen LogP contribution in [0.1, 0.15) is 39.9 Å². The monoisotopic (exact) mass is 304 g/mol. The molecule has 1 N–H and O–H groups in total. The van der Waals surface area contributed by atoms with E-state index in [2.05, 4.69) is 15.3 Å². The zero-order valence-corrected chi connectivity index (χ0v) is 13.2. The summed E-state index contributed by atoms with van der Waals surface area (Å²) in [5.74, 6) is -0.639. The average molecular weight is 304 g/mol. The number of halogens is 3. The van der Waals surface area contributed by atoms with Crippen molar-refractivity contribution >= 4 is 11.6 Å². The largest absolute Gasteiger partial charge is 0.451 e. The van der Waals surface area contributed by atoms with Crippen LogP contribution in [0.15, 0.2) is 6.07 Å². The zero-order valence-electron chi connectivity index (χ0n) is 13.2. The van der Waals surface area contributed by atoms with Crippen molar-refractivity contribution in [3.05, 3.63) is 11.9 Å². The highest BCUT2D eigenvalue weighted by Gasteiger charge is 2.36. The third kappa shape index (κ3) is 5.77. The molecule has 1 aromatic rings. The molecule has 0 fully saturated rings. The van der Waals surface area contributed by atoms with Gasteiger partial charge in [0.05, 0.1) is 0 Å². The summed E-state index contributed by atoms with van der Waals surface area (Å²) >= 11 is 0. The van der Waals surface area contributed by atoms with E-state index in [9.17, 15) is 13.2 Å². The Morgan fingerprint density at radius 1 is 1.19 bits per heavy atom. The van der Waals surface area contributed by atoms with Gasteiger partial charge in [0.25, 0.3) is 0 Å². The minimum absolute atomic E-state index is 0.0465. The van der Waals surface area contributed by atoms with Gasteiger partial charge in [-0.05, 0) is 11.8 Å². The number of nitrogens with one attached hydrogen (secondary N) is 1. The molecule has 0 amide bonds. The highest BCUT2D eigenvalue weighted by molar-refractivity contribution is 5.49. The summed E-state index contributed by atoms with van der Waals surface area (Å²) in [4.78, 5) is 8.91. The molecule has 1 rings (SSSR count). The van der Waals surface area contributed by atoms with Crippen molar-refractivity contribution in [1.29, 1.82) is 0 Å². The Morgan fingerprint density at radius 3 is 2.29 bits per heavy atom. The first-order chi connectivity index (χ1) is 9.53. The molecule has 1 aromatic heterocycles.